The molecule has 3 unspecified atom stereocenters. The van der Waals surface area contributed by atoms with Crippen molar-refractivity contribution in [3.8, 4) is 0 Å². The number of aromatic nitrogens is 1. The van der Waals surface area contributed by atoms with Crippen molar-refractivity contribution in [2.45, 2.75) is 39.2 Å². The Morgan fingerprint density at radius 3 is 2.44 bits per heavy atom. The summed E-state index contributed by atoms with van der Waals surface area (Å²) in [6.07, 6.45) is 5.60. The highest BCUT2D eigenvalue weighted by atomic mass is 35.5. The van der Waals surface area contributed by atoms with E-state index < -0.39 is 0 Å². The molecule has 1 heterocycles. The maximum absolute atomic E-state index is 5.83. The molecule has 0 aromatic carbocycles. The van der Waals surface area contributed by atoms with Crippen molar-refractivity contribution in [2.75, 3.05) is 0 Å². The lowest BCUT2D eigenvalue weighted by Gasteiger charge is -2.36. The Balaban J connectivity index is 2.14. The van der Waals surface area contributed by atoms with Gasteiger partial charge in [-0.3, -0.25) is 11.3 Å². The molecule has 2 rings (SSSR count). The first-order valence-electron chi connectivity index (χ1n) is 6.67. The summed E-state index contributed by atoms with van der Waals surface area (Å²) < 4.78 is 0. The molecule has 0 spiro atoms. The lowest BCUT2D eigenvalue weighted by molar-refractivity contribution is 0.177. The van der Waals surface area contributed by atoms with Crippen LogP contribution in [0.4, 0.5) is 0 Å². The zero-order valence-electron chi connectivity index (χ0n) is 11.1. The lowest BCUT2D eigenvalue weighted by Crippen LogP contribution is -2.37. The van der Waals surface area contributed by atoms with Crippen LogP contribution in [0.1, 0.15) is 44.7 Å². The summed E-state index contributed by atoms with van der Waals surface area (Å²) in [7, 11) is 0. The van der Waals surface area contributed by atoms with E-state index in [9.17, 15) is 0 Å². The zero-order chi connectivity index (χ0) is 13.1. The van der Waals surface area contributed by atoms with Gasteiger partial charge in [0.1, 0.15) is 5.15 Å². The van der Waals surface area contributed by atoms with Gasteiger partial charge in [-0.15, -0.1) is 0 Å². The molecule has 0 amide bonds. The van der Waals surface area contributed by atoms with Crippen molar-refractivity contribution in [3.63, 3.8) is 0 Å². The van der Waals surface area contributed by atoms with Gasteiger partial charge in [0.2, 0.25) is 0 Å². The summed E-state index contributed by atoms with van der Waals surface area (Å²) in [6.45, 7) is 4.66. The van der Waals surface area contributed by atoms with E-state index in [2.05, 4.69) is 24.3 Å². The molecule has 0 aliphatic heterocycles. The van der Waals surface area contributed by atoms with Crippen molar-refractivity contribution in [3.05, 3.63) is 29.0 Å². The van der Waals surface area contributed by atoms with Crippen LogP contribution in [0, 0.1) is 17.8 Å². The molecule has 0 saturated heterocycles. The molecule has 1 fully saturated rings. The van der Waals surface area contributed by atoms with Crippen molar-refractivity contribution in [1.82, 2.24) is 10.4 Å². The molecule has 18 heavy (non-hydrogen) atoms. The van der Waals surface area contributed by atoms with Gasteiger partial charge in [0.15, 0.2) is 0 Å². The largest absolute Gasteiger partial charge is 0.271 e. The smallest absolute Gasteiger partial charge is 0.129 e. The molecule has 1 aromatic rings. The number of nitrogens with one attached hydrogen (secondary N) is 1. The second-order valence-electron chi connectivity index (χ2n) is 5.74. The fraction of sp³-hybridized carbons (Fsp3) is 0.643. The van der Waals surface area contributed by atoms with Crippen LogP contribution in [-0.2, 0) is 0 Å². The van der Waals surface area contributed by atoms with Gasteiger partial charge in [-0.2, -0.15) is 0 Å². The SMILES string of the molecule is CC1CC(C)CC(C(NN)c2ccc(Cl)nc2)C1. The average Bonchev–Trinajstić information content (AvgIpc) is 2.31. The van der Waals surface area contributed by atoms with Crippen LogP contribution >= 0.6 is 11.6 Å². The lowest BCUT2D eigenvalue weighted by atomic mass is 9.73. The standard InChI is InChI=1S/C14H22ClN3/c1-9-5-10(2)7-12(6-9)14(18-16)11-3-4-13(15)17-8-11/h3-4,8-10,12,14,18H,5-7,16H2,1-2H3. The molecule has 100 valence electrons. The Morgan fingerprint density at radius 1 is 1.28 bits per heavy atom. The van der Waals surface area contributed by atoms with Crippen LogP contribution in [0.2, 0.25) is 5.15 Å². The van der Waals surface area contributed by atoms with E-state index in [4.69, 9.17) is 17.4 Å². The quantitative estimate of drug-likeness (QED) is 0.502. The summed E-state index contributed by atoms with van der Waals surface area (Å²) in [5, 5.41) is 0.528. The number of hydrogen-bond acceptors (Lipinski definition) is 3. The molecule has 4 heteroatoms. The fourth-order valence-corrected chi connectivity index (χ4v) is 3.47. The van der Waals surface area contributed by atoms with Gasteiger partial charge in [0, 0.05) is 6.20 Å². The third-order valence-corrected chi connectivity index (χ3v) is 4.20. The third-order valence-electron chi connectivity index (χ3n) is 3.98. The zero-order valence-corrected chi connectivity index (χ0v) is 11.8. The molecular formula is C14H22ClN3. The summed E-state index contributed by atoms with van der Waals surface area (Å²) in [5.41, 5.74) is 4.10. The number of nitrogens with zero attached hydrogens (tertiary/aromatic N) is 1. The highest BCUT2D eigenvalue weighted by molar-refractivity contribution is 6.29. The minimum Gasteiger partial charge on any atom is -0.271 e. The van der Waals surface area contributed by atoms with Crippen LogP contribution in [-0.4, -0.2) is 4.98 Å². The third kappa shape index (κ3) is 3.22. The van der Waals surface area contributed by atoms with Crippen LogP contribution in [0.5, 0.6) is 0 Å². The van der Waals surface area contributed by atoms with Gasteiger partial charge < -0.3 is 0 Å². The topological polar surface area (TPSA) is 50.9 Å². The Hall–Kier alpha value is -0.640. The molecule has 3 nitrogen and oxygen atoms in total. The highest BCUT2D eigenvalue weighted by Gasteiger charge is 2.30. The van der Waals surface area contributed by atoms with Crippen LogP contribution < -0.4 is 11.3 Å². The molecule has 3 atom stereocenters. The molecule has 1 saturated carbocycles. The van der Waals surface area contributed by atoms with E-state index in [1.807, 2.05) is 18.3 Å². The van der Waals surface area contributed by atoms with Gasteiger partial charge in [-0.25, -0.2) is 4.98 Å². The van der Waals surface area contributed by atoms with Crippen LogP contribution in [0.25, 0.3) is 0 Å². The number of hydrogen-bond donors (Lipinski definition) is 2. The predicted molar refractivity (Wildman–Crippen MR) is 75.0 cm³/mol. The number of halogens is 1. The summed E-state index contributed by atoms with van der Waals surface area (Å²) >= 11 is 5.83. The average molecular weight is 268 g/mol. The van der Waals surface area contributed by atoms with Crippen LogP contribution in [0.3, 0.4) is 0 Å². The van der Waals surface area contributed by atoms with Gasteiger partial charge in [0.25, 0.3) is 0 Å². The molecular weight excluding hydrogens is 246 g/mol. The molecule has 1 aromatic heterocycles. The van der Waals surface area contributed by atoms with E-state index in [0.717, 1.165) is 17.4 Å². The Kier molecular flexibility index (Phi) is 4.60. The van der Waals surface area contributed by atoms with Crippen molar-refractivity contribution >= 4 is 11.6 Å². The Morgan fingerprint density at radius 2 is 1.94 bits per heavy atom. The normalized spacial score (nSPS) is 30.1. The minimum atomic E-state index is 0.181. The van der Waals surface area contributed by atoms with E-state index in [-0.39, 0.29) is 6.04 Å². The Bertz CT molecular complexity index is 369. The van der Waals surface area contributed by atoms with E-state index in [1.165, 1.54) is 19.3 Å². The van der Waals surface area contributed by atoms with Gasteiger partial charge in [-0.1, -0.05) is 31.5 Å². The minimum absolute atomic E-state index is 0.181. The fourth-order valence-electron chi connectivity index (χ4n) is 3.36. The second-order valence-corrected chi connectivity index (χ2v) is 6.12. The first-order valence-corrected chi connectivity index (χ1v) is 7.05. The maximum atomic E-state index is 5.83. The maximum Gasteiger partial charge on any atom is 0.129 e. The van der Waals surface area contributed by atoms with Crippen molar-refractivity contribution in [1.29, 1.82) is 0 Å². The van der Waals surface area contributed by atoms with Crippen LogP contribution in [0.15, 0.2) is 18.3 Å². The summed E-state index contributed by atoms with van der Waals surface area (Å²) in [4.78, 5) is 4.15. The van der Waals surface area contributed by atoms with Gasteiger partial charge >= 0.3 is 0 Å². The van der Waals surface area contributed by atoms with Gasteiger partial charge in [0.05, 0.1) is 6.04 Å². The molecule has 0 radical (unpaired) electrons. The summed E-state index contributed by atoms with van der Waals surface area (Å²) in [5.74, 6) is 7.88. The van der Waals surface area contributed by atoms with Crippen molar-refractivity contribution in [2.24, 2.45) is 23.6 Å². The number of pyridine rings is 1. The molecule has 1 aliphatic rings. The predicted octanol–water partition coefficient (Wildman–Crippen LogP) is 3.31. The molecule has 3 N–H and O–H groups in total. The van der Waals surface area contributed by atoms with Gasteiger partial charge in [-0.05, 0) is 48.6 Å². The Labute approximate surface area is 114 Å². The highest BCUT2D eigenvalue weighted by Crippen LogP contribution is 2.39. The van der Waals surface area contributed by atoms with E-state index in [0.29, 0.717) is 11.1 Å². The molecule has 0 bridgehead atoms. The monoisotopic (exact) mass is 267 g/mol. The molecule has 1 aliphatic carbocycles. The number of hydrazine groups is 1. The van der Waals surface area contributed by atoms with Crippen molar-refractivity contribution < 1.29 is 0 Å². The number of rotatable bonds is 3. The van der Waals surface area contributed by atoms with E-state index >= 15 is 0 Å². The second kappa shape index (κ2) is 6.00. The first-order chi connectivity index (χ1) is 8.60. The first kappa shape index (κ1) is 13.8. The summed E-state index contributed by atoms with van der Waals surface area (Å²) in [6, 6.07) is 4.03. The number of nitrogens with two attached hydrogens (primary N) is 1. The van der Waals surface area contributed by atoms with E-state index in [1.54, 1.807) is 0 Å².